The summed E-state index contributed by atoms with van der Waals surface area (Å²) in [5.74, 6) is 0.864. The number of hydrogen-bond acceptors (Lipinski definition) is 4. The van der Waals surface area contributed by atoms with Crippen molar-refractivity contribution < 1.29 is 9.59 Å². The molecule has 148 valence electrons. The molecule has 2 aromatic heterocycles. The van der Waals surface area contributed by atoms with Gasteiger partial charge in [0.2, 0.25) is 5.91 Å². The van der Waals surface area contributed by atoms with Crippen LogP contribution in [-0.4, -0.2) is 39.7 Å². The maximum absolute atomic E-state index is 13.1. The van der Waals surface area contributed by atoms with Gasteiger partial charge in [-0.1, -0.05) is 20.8 Å². The summed E-state index contributed by atoms with van der Waals surface area (Å²) >= 11 is 0. The summed E-state index contributed by atoms with van der Waals surface area (Å²) in [6.07, 6.45) is 3.46. The monoisotopic (exact) mass is 383 g/mol. The van der Waals surface area contributed by atoms with Crippen molar-refractivity contribution in [2.75, 3.05) is 7.05 Å². The Hall–Kier alpha value is -2.90. The molecule has 2 aliphatic rings. The maximum Gasteiger partial charge on any atom is 0.272 e. The molecule has 2 aromatic rings. The molecule has 0 bridgehead atoms. The van der Waals surface area contributed by atoms with Crippen molar-refractivity contribution in [2.45, 2.75) is 45.6 Å². The molecular formula is C20H25N5O3. The third-order valence-electron chi connectivity index (χ3n) is 5.61. The highest BCUT2D eigenvalue weighted by molar-refractivity contribution is 5.98. The van der Waals surface area contributed by atoms with Crippen LogP contribution in [0.25, 0.3) is 5.82 Å². The van der Waals surface area contributed by atoms with Crippen LogP contribution < -0.4 is 16.1 Å². The van der Waals surface area contributed by atoms with Crippen molar-refractivity contribution in [3.05, 3.63) is 45.5 Å². The van der Waals surface area contributed by atoms with E-state index in [-0.39, 0.29) is 17.2 Å². The van der Waals surface area contributed by atoms with Gasteiger partial charge in [0.15, 0.2) is 11.1 Å². The molecule has 4 rings (SSSR count). The Morgan fingerprint density at radius 2 is 2.11 bits per heavy atom. The normalized spacial score (nSPS) is 20.9. The second kappa shape index (κ2) is 6.32. The summed E-state index contributed by atoms with van der Waals surface area (Å²) in [5, 5.41) is 10.0. The lowest BCUT2D eigenvalue weighted by atomic mass is 9.86. The number of nitrogens with one attached hydrogen (secondary N) is 3. The number of pyridine rings is 1. The molecule has 0 radical (unpaired) electrons. The molecule has 2 heterocycles. The van der Waals surface area contributed by atoms with Crippen molar-refractivity contribution >= 4 is 11.8 Å². The first kappa shape index (κ1) is 18.5. The fraction of sp³-hybridized carbons (Fsp3) is 0.500. The van der Waals surface area contributed by atoms with E-state index in [1.54, 1.807) is 17.9 Å². The molecule has 3 N–H and O–H groups in total. The highest BCUT2D eigenvalue weighted by Crippen LogP contribution is 2.57. The molecule has 28 heavy (non-hydrogen) atoms. The minimum atomic E-state index is -0.682. The van der Waals surface area contributed by atoms with Crippen LogP contribution in [0.5, 0.6) is 0 Å². The lowest BCUT2D eigenvalue weighted by Gasteiger charge is -2.29. The number of carbonyl (C=O) groups excluding carboxylic acids is 2. The first-order valence-corrected chi connectivity index (χ1v) is 9.54. The molecule has 2 aliphatic carbocycles. The van der Waals surface area contributed by atoms with Gasteiger partial charge in [-0.15, -0.1) is 0 Å². The van der Waals surface area contributed by atoms with Crippen molar-refractivity contribution in [2.24, 2.45) is 11.3 Å². The van der Waals surface area contributed by atoms with E-state index in [9.17, 15) is 14.4 Å². The molecule has 8 nitrogen and oxygen atoms in total. The number of fused-ring (bicyclic) bond motifs is 3. The molecular weight excluding hydrogens is 358 g/mol. The van der Waals surface area contributed by atoms with Gasteiger partial charge in [0.25, 0.3) is 5.91 Å². The number of nitrogens with zero attached hydrogens (tertiary/aromatic N) is 2. The van der Waals surface area contributed by atoms with E-state index >= 15 is 0 Å². The molecule has 0 unspecified atom stereocenters. The second-order valence-electron chi connectivity index (χ2n) is 8.73. The minimum absolute atomic E-state index is 0.123. The number of amides is 2. The van der Waals surface area contributed by atoms with Crippen LogP contribution in [0.1, 0.15) is 54.9 Å². The van der Waals surface area contributed by atoms with E-state index in [0.29, 0.717) is 23.3 Å². The van der Waals surface area contributed by atoms with E-state index in [1.807, 2.05) is 20.8 Å². The second-order valence-corrected chi connectivity index (χ2v) is 8.73. The van der Waals surface area contributed by atoms with Crippen LogP contribution in [0.2, 0.25) is 0 Å². The Labute approximate surface area is 162 Å². The first-order valence-electron chi connectivity index (χ1n) is 9.54. The van der Waals surface area contributed by atoms with Crippen LogP contribution >= 0.6 is 0 Å². The quantitative estimate of drug-likeness (QED) is 0.735. The minimum Gasteiger partial charge on any atom is -0.357 e. The van der Waals surface area contributed by atoms with Gasteiger partial charge < -0.3 is 15.6 Å². The van der Waals surface area contributed by atoms with E-state index in [2.05, 4.69) is 20.7 Å². The van der Waals surface area contributed by atoms with Gasteiger partial charge in [0, 0.05) is 36.9 Å². The summed E-state index contributed by atoms with van der Waals surface area (Å²) in [6, 6.07) is 2.24. The van der Waals surface area contributed by atoms with Gasteiger partial charge in [-0.25, -0.2) is 4.68 Å². The molecule has 1 fully saturated rings. The van der Waals surface area contributed by atoms with Gasteiger partial charge in [-0.05, 0) is 24.2 Å². The Balaban J connectivity index is 1.72. The number of likely N-dealkylation sites (N-methyl/N-ethyl adjacent to an activating group) is 1. The third-order valence-corrected chi connectivity index (χ3v) is 5.61. The average molecular weight is 383 g/mol. The summed E-state index contributed by atoms with van der Waals surface area (Å²) < 4.78 is 1.69. The zero-order chi connectivity index (χ0) is 20.2. The topological polar surface area (TPSA) is 109 Å². The van der Waals surface area contributed by atoms with Crippen LogP contribution in [0.3, 0.4) is 0 Å². The Bertz CT molecular complexity index is 1010. The lowest BCUT2D eigenvalue weighted by Crippen LogP contribution is -2.53. The first-order chi connectivity index (χ1) is 13.2. The number of aromatic amines is 1. The Kier molecular flexibility index (Phi) is 4.17. The predicted octanol–water partition coefficient (Wildman–Crippen LogP) is 1.11. The van der Waals surface area contributed by atoms with Crippen molar-refractivity contribution in [1.29, 1.82) is 0 Å². The highest BCUT2D eigenvalue weighted by atomic mass is 16.2. The molecule has 3 atom stereocenters. The predicted molar refractivity (Wildman–Crippen MR) is 104 cm³/mol. The number of rotatable bonds is 4. The van der Waals surface area contributed by atoms with Crippen LogP contribution in [-0.2, 0) is 11.2 Å². The molecule has 8 heteroatoms. The summed E-state index contributed by atoms with van der Waals surface area (Å²) in [6.45, 7) is 5.71. The molecule has 0 saturated heterocycles. The largest absolute Gasteiger partial charge is 0.357 e. The zero-order valence-corrected chi connectivity index (χ0v) is 16.5. The Morgan fingerprint density at radius 1 is 1.36 bits per heavy atom. The van der Waals surface area contributed by atoms with Crippen LogP contribution in [0.15, 0.2) is 23.1 Å². The standard InChI is InChI=1S/C20H25N5O3/c1-20(2,3)17(19(28)21-4)23-18(27)15-13-8-10-7-12(10)16(13)25(24-15)14-9-11(26)5-6-22-14/h5-6,9-10,12,17H,7-8H2,1-4H3,(H,21,28)(H,22,26)(H,23,27)/t10-,12-,17-/m1/s1. The fourth-order valence-electron chi connectivity index (χ4n) is 4.06. The summed E-state index contributed by atoms with van der Waals surface area (Å²) in [4.78, 5) is 40.2. The number of aromatic nitrogens is 3. The zero-order valence-electron chi connectivity index (χ0n) is 16.5. The number of H-pyrrole nitrogens is 1. The van der Waals surface area contributed by atoms with E-state index in [4.69, 9.17) is 0 Å². The highest BCUT2D eigenvalue weighted by Gasteiger charge is 2.50. The third kappa shape index (κ3) is 3.02. The van der Waals surface area contributed by atoms with E-state index in [1.165, 1.54) is 12.1 Å². The summed E-state index contributed by atoms with van der Waals surface area (Å²) in [5.41, 5.74) is 1.69. The maximum atomic E-state index is 13.1. The van der Waals surface area contributed by atoms with Gasteiger partial charge in [-0.2, -0.15) is 5.10 Å². The molecule has 0 aromatic carbocycles. The van der Waals surface area contributed by atoms with Crippen LogP contribution in [0, 0.1) is 11.3 Å². The van der Waals surface area contributed by atoms with Gasteiger partial charge in [0.1, 0.15) is 11.9 Å². The molecule has 0 spiro atoms. The van der Waals surface area contributed by atoms with Crippen LogP contribution in [0.4, 0.5) is 0 Å². The smallest absolute Gasteiger partial charge is 0.272 e. The van der Waals surface area contributed by atoms with Gasteiger partial charge in [-0.3, -0.25) is 14.4 Å². The molecule has 0 aliphatic heterocycles. The molecule has 2 amide bonds. The van der Waals surface area contributed by atoms with Gasteiger partial charge >= 0.3 is 0 Å². The fourth-order valence-corrected chi connectivity index (χ4v) is 4.06. The van der Waals surface area contributed by atoms with Gasteiger partial charge in [0.05, 0.1) is 5.69 Å². The molecule has 1 saturated carbocycles. The van der Waals surface area contributed by atoms with Crippen molar-refractivity contribution in [1.82, 2.24) is 25.4 Å². The van der Waals surface area contributed by atoms with E-state index < -0.39 is 11.5 Å². The number of carbonyl (C=O) groups is 2. The Morgan fingerprint density at radius 3 is 2.75 bits per heavy atom. The van der Waals surface area contributed by atoms with Crippen molar-refractivity contribution in [3.8, 4) is 5.82 Å². The SMILES string of the molecule is CNC(=O)[C@@H](NC(=O)c1nn(-c2cc(=O)cc[nH]2)c2c1C[C@H]1C[C@@H]21)C(C)(C)C. The van der Waals surface area contributed by atoms with Crippen molar-refractivity contribution in [3.63, 3.8) is 0 Å². The summed E-state index contributed by atoms with van der Waals surface area (Å²) in [7, 11) is 1.55. The lowest BCUT2D eigenvalue weighted by molar-refractivity contribution is -0.124. The van der Waals surface area contributed by atoms with E-state index in [0.717, 1.165) is 24.1 Å². The average Bonchev–Trinajstić information content (AvgIpc) is 3.13. The number of hydrogen-bond donors (Lipinski definition) is 3.